The van der Waals surface area contributed by atoms with Gasteiger partial charge in [0.25, 0.3) is 0 Å². The van der Waals surface area contributed by atoms with E-state index in [0.717, 1.165) is 24.8 Å². The molecular formula is C15H20O4. The van der Waals surface area contributed by atoms with Crippen molar-refractivity contribution in [3.05, 3.63) is 11.1 Å². The monoisotopic (exact) mass is 264 g/mol. The lowest BCUT2D eigenvalue weighted by atomic mass is 9.59. The van der Waals surface area contributed by atoms with Crippen LogP contribution in [-0.2, 0) is 19.1 Å². The van der Waals surface area contributed by atoms with E-state index in [9.17, 15) is 9.59 Å². The molecule has 2 aliphatic heterocycles. The summed E-state index contributed by atoms with van der Waals surface area (Å²) in [5, 5.41) is 0. The Labute approximate surface area is 113 Å². The Kier molecular flexibility index (Phi) is 2.73. The summed E-state index contributed by atoms with van der Waals surface area (Å²) in [6.07, 6.45) is 2.60. The molecule has 4 nitrogen and oxygen atoms in total. The summed E-state index contributed by atoms with van der Waals surface area (Å²) in [5.41, 5.74) is 1.23. The highest BCUT2D eigenvalue weighted by Gasteiger charge is 2.60. The first-order chi connectivity index (χ1) is 8.96. The van der Waals surface area contributed by atoms with Gasteiger partial charge in [-0.05, 0) is 31.3 Å². The van der Waals surface area contributed by atoms with Gasteiger partial charge in [-0.25, -0.2) is 4.79 Å². The Hall–Kier alpha value is -1.32. The summed E-state index contributed by atoms with van der Waals surface area (Å²) < 4.78 is 10.7. The largest absolute Gasteiger partial charge is 0.458 e. The van der Waals surface area contributed by atoms with Crippen molar-refractivity contribution < 1.29 is 19.1 Å². The zero-order valence-corrected chi connectivity index (χ0v) is 11.7. The summed E-state index contributed by atoms with van der Waals surface area (Å²) in [7, 11) is 0. The molecule has 0 aromatic carbocycles. The van der Waals surface area contributed by atoms with E-state index in [1.165, 1.54) is 0 Å². The molecule has 3 aliphatic rings. The van der Waals surface area contributed by atoms with E-state index >= 15 is 0 Å². The fraction of sp³-hybridized carbons (Fsp3) is 0.733. The first-order valence-corrected chi connectivity index (χ1v) is 7.03. The molecular weight excluding hydrogens is 244 g/mol. The standard InChI is InChI=1S/C15H20O4/c1-8-7-18-14(17)11(8)12-15(3)9(2)5-4-6-10(15)13(16)19-12/h9-10,12H,4-7H2,1-3H3/t9-,10-,12+,15+/m0/s1. The Balaban J connectivity index is 2.05. The maximum Gasteiger partial charge on any atom is 0.338 e. The van der Waals surface area contributed by atoms with Crippen molar-refractivity contribution in [2.45, 2.75) is 46.1 Å². The lowest BCUT2D eigenvalue weighted by Crippen LogP contribution is -2.44. The van der Waals surface area contributed by atoms with Gasteiger partial charge in [0, 0.05) is 5.41 Å². The highest BCUT2D eigenvalue weighted by molar-refractivity contribution is 5.94. The average Bonchev–Trinajstić information content (AvgIpc) is 2.81. The number of hydrogen-bond acceptors (Lipinski definition) is 4. The van der Waals surface area contributed by atoms with Gasteiger partial charge in [-0.2, -0.15) is 0 Å². The first kappa shape index (κ1) is 12.7. The number of hydrogen-bond donors (Lipinski definition) is 0. The van der Waals surface area contributed by atoms with Gasteiger partial charge >= 0.3 is 11.9 Å². The summed E-state index contributed by atoms with van der Waals surface area (Å²) in [4.78, 5) is 24.1. The van der Waals surface area contributed by atoms with Crippen molar-refractivity contribution in [2.24, 2.45) is 17.3 Å². The van der Waals surface area contributed by atoms with E-state index < -0.39 is 6.10 Å². The highest BCUT2D eigenvalue weighted by atomic mass is 16.6. The molecule has 1 aliphatic carbocycles. The molecule has 0 radical (unpaired) electrons. The van der Waals surface area contributed by atoms with Crippen molar-refractivity contribution in [3.63, 3.8) is 0 Å². The fourth-order valence-electron chi connectivity index (χ4n) is 3.94. The zero-order chi connectivity index (χ0) is 13.8. The molecule has 0 unspecified atom stereocenters. The molecule has 0 bridgehead atoms. The second kappa shape index (κ2) is 4.09. The van der Waals surface area contributed by atoms with Gasteiger partial charge in [-0.15, -0.1) is 0 Å². The lowest BCUT2D eigenvalue weighted by molar-refractivity contribution is -0.144. The van der Waals surface area contributed by atoms with Gasteiger partial charge in [0.1, 0.15) is 12.7 Å². The van der Waals surface area contributed by atoms with E-state index in [1.54, 1.807) is 0 Å². The Bertz CT molecular complexity index is 479. The van der Waals surface area contributed by atoms with E-state index in [0.29, 0.717) is 18.1 Å². The van der Waals surface area contributed by atoms with Crippen LogP contribution in [0.3, 0.4) is 0 Å². The van der Waals surface area contributed by atoms with Crippen molar-refractivity contribution in [2.75, 3.05) is 6.61 Å². The van der Waals surface area contributed by atoms with Gasteiger partial charge < -0.3 is 9.47 Å². The van der Waals surface area contributed by atoms with Crippen molar-refractivity contribution in [3.8, 4) is 0 Å². The van der Waals surface area contributed by atoms with Crippen LogP contribution < -0.4 is 0 Å². The molecule has 104 valence electrons. The van der Waals surface area contributed by atoms with E-state index in [2.05, 4.69) is 13.8 Å². The molecule has 0 aromatic heterocycles. The molecule has 19 heavy (non-hydrogen) atoms. The summed E-state index contributed by atoms with van der Waals surface area (Å²) in [6, 6.07) is 0. The summed E-state index contributed by atoms with van der Waals surface area (Å²) >= 11 is 0. The van der Waals surface area contributed by atoms with E-state index in [1.807, 2.05) is 6.92 Å². The van der Waals surface area contributed by atoms with E-state index in [4.69, 9.17) is 9.47 Å². The van der Waals surface area contributed by atoms with Crippen LogP contribution in [0.2, 0.25) is 0 Å². The molecule has 3 rings (SSSR count). The number of fused-ring (bicyclic) bond motifs is 1. The number of rotatable bonds is 1. The maximum atomic E-state index is 12.1. The first-order valence-electron chi connectivity index (χ1n) is 7.03. The SMILES string of the molecule is CC1=C([C@H]2OC(=O)[C@@H]3CCC[C@H](C)[C@@]23C)C(=O)OC1. The number of cyclic esters (lactones) is 2. The minimum atomic E-state index is -0.421. The molecule has 0 amide bonds. The summed E-state index contributed by atoms with van der Waals surface area (Å²) in [5.74, 6) is -0.152. The second-order valence-electron chi connectivity index (χ2n) is 6.34. The third kappa shape index (κ3) is 1.58. The normalized spacial score (nSPS) is 42.2. The summed E-state index contributed by atoms with van der Waals surface area (Å²) in [6.45, 7) is 6.48. The molecule has 4 heteroatoms. The minimum absolute atomic E-state index is 0.0741. The Morgan fingerprint density at radius 1 is 1.26 bits per heavy atom. The Morgan fingerprint density at radius 2 is 2.00 bits per heavy atom. The molecule has 2 fully saturated rings. The van der Waals surface area contributed by atoms with Crippen molar-refractivity contribution in [1.82, 2.24) is 0 Å². The third-order valence-corrected chi connectivity index (χ3v) is 5.39. The predicted molar refractivity (Wildman–Crippen MR) is 68.2 cm³/mol. The molecule has 1 saturated carbocycles. The average molecular weight is 264 g/mol. The van der Waals surface area contributed by atoms with Crippen LogP contribution in [0.4, 0.5) is 0 Å². The lowest BCUT2D eigenvalue weighted by Gasteiger charge is -2.42. The molecule has 4 atom stereocenters. The number of carbonyl (C=O) groups excluding carboxylic acids is 2. The van der Waals surface area contributed by atoms with Crippen LogP contribution in [-0.4, -0.2) is 24.6 Å². The van der Waals surface area contributed by atoms with Gasteiger partial charge in [0.05, 0.1) is 11.5 Å². The Morgan fingerprint density at radius 3 is 2.63 bits per heavy atom. The number of ether oxygens (including phenoxy) is 2. The zero-order valence-electron chi connectivity index (χ0n) is 11.7. The molecule has 0 spiro atoms. The van der Waals surface area contributed by atoms with Crippen LogP contribution in [0.25, 0.3) is 0 Å². The second-order valence-corrected chi connectivity index (χ2v) is 6.34. The van der Waals surface area contributed by atoms with Crippen LogP contribution in [0, 0.1) is 17.3 Å². The minimum Gasteiger partial charge on any atom is -0.458 e. The van der Waals surface area contributed by atoms with E-state index in [-0.39, 0.29) is 23.3 Å². The van der Waals surface area contributed by atoms with Crippen LogP contribution >= 0.6 is 0 Å². The molecule has 0 N–H and O–H groups in total. The fourth-order valence-corrected chi connectivity index (χ4v) is 3.94. The van der Waals surface area contributed by atoms with Gasteiger partial charge in [-0.3, -0.25) is 4.79 Å². The smallest absolute Gasteiger partial charge is 0.338 e. The quantitative estimate of drug-likeness (QED) is 0.681. The van der Waals surface area contributed by atoms with Gasteiger partial charge in [-0.1, -0.05) is 20.3 Å². The van der Waals surface area contributed by atoms with Crippen LogP contribution in [0.1, 0.15) is 40.0 Å². The third-order valence-electron chi connectivity index (χ3n) is 5.39. The van der Waals surface area contributed by atoms with Crippen molar-refractivity contribution in [1.29, 1.82) is 0 Å². The van der Waals surface area contributed by atoms with Crippen LogP contribution in [0.5, 0.6) is 0 Å². The predicted octanol–water partition coefficient (Wildman–Crippen LogP) is 2.23. The maximum absolute atomic E-state index is 12.1. The molecule has 0 aromatic rings. The topological polar surface area (TPSA) is 52.6 Å². The van der Waals surface area contributed by atoms with Crippen molar-refractivity contribution >= 4 is 11.9 Å². The van der Waals surface area contributed by atoms with Crippen LogP contribution in [0.15, 0.2) is 11.1 Å². The highest BCUT2D eigenvalue weighted by Crippen LogP contribution is 2.55. The van der Waals surface area contributed by atoms with Gasteiger partial charge in [0.2, 0.25) is 0 Å². The van der Waals surface area contributed by atoms with Gasteiger partial charge in [0.15, 0.2) is 0 Å². The molecule has 2 heterocycles. The number of carbonyl (C=O) groups is 2. The molecule has 1 saturated heterocycles. The number of esters is 2.